The first-order valence-corrected chi connectivity index (χ1v) is 10.2. The number of benzene rings is 2. The summed E-state index contributed by atoms with van der Waals surface area (Å²) < 4.78 is 15.8. The molecule has 1 amide bonds. The number of ether oxygens (including phenoxy) is 3. The highest BCUT2D eigenvalue weighted by Gasteiger charge is 2.18. The van der Waals surface area contributed by atoms with Crippen LogP contribution in [0, 0.1) is 0 Å². The number of hydrogen-bond acceptors (Lipinski definition) is 7. The first-order chi connectivity index (χ1) is 14.6. The molecule has 0 spiro atoms. The number of hydrogen-bond donors (Lipinski definition) is 1. The summed E-state index contributed by atoms with van der Waals surface area (Å²) in [5.41, 5.74) is 1.51. The Balaban J connectivity index is 1.72. The van der Waals surface area contributed by atoms with Crippen molar-refractivity contribution in [3.05, 3.63) is 59.5 Å². The quantitative estimate of drug-likeness (QED) is 0.522. The molecule has 0 radical (unpaired) electrons. The van der Waals surface area contributed by atoms with Gasteiger partial charge < -0.3 is 14.2 Å². The van der Waals surface area contributed by atoms with Crippen LogP contribution in [0.4, 0.5) is 5.13 Å². The van der Waals surface area contributed by atoms with Gasteiger partial charge in [-0.25, -0.2) is 4.98 Å². The summed E-state index contributed by atoms with van der Waals surface area (Å²) >= 11 is 1.24. The highest BCUT2D eigenvalue weighted by atomic mass is 32.1. The van der Waals surface area contributed by atoms with E-state index in [2.05, 4.69) is 10.3 Å². The van der Waals surface area contributed by atoms with E-state index < -0.39 is 0 Å². The highest BCUT2D eigenvalue weighted by Crippen LogP contribution is 2.32. The van der Waals surface area contributed by atoms with E-state index in [-0.39, 0.29) is 24.9 Å². The molecular formula is C22H22N2O5S. The van der Waals surface area contributed by atoms with Crippen molar-refractivity contribution in [1.82, 2.24) is 4.98 Å². The second kappa shape index (κ2) is 10.4. The van der Waals surface area contributed by atoms with Gasteiger partial charge in [0.2, 0.25) is 0 Å². The van der Waals surface area contributed by atoms with Crippen molar-refractivity contribution in [2.45, 2.75) is 13.3 Å². The van der Waals surface area contributed by atoms with Crippen LogP contribution in [0.15, 0.2) is 54.6 Å². The molecule has 3 rings (SSSR count). The van der Waals surface area contributed by atoms with Crippen LogP contribution in [0.25, 0.3) is 11.3 Å². The van der Waals surface area contributed by atoms with Gasteiger partial charge in [0.25, 0.3) is 5.91 Å². The molecule has 30 heavy (non-hydrogen) atoms. The van der Waals surface area contributed by atoms with Gasteiger partial charge in [0.1, 0.15) is 0 Å². The number of esters is 1. The van der Waals surface area contributed by atoms with Crippen molar-refractivity contribution in [2.24, 2.45) is 0 Å². The summed E-state index contributed by atoms with van der Waals surface area (Å²) in [6.07, 6.45) is 0.0866. The molecule has 0 unspecified atom stereocenters. The van der Waals surface area contributed by atoms with Gasteiger partial charge in [-0.3, -0.25) is 14.9 Å². The standard InChI is InChI=1S/C22H22N2O5S/c1-3-28-20(26)13-18-21(15-9-5-4-6-10-15)24-22(30-18)23-19(25)14-29-17-12-8-7-11-16(17)27-2/h4-12H,3,13-14H2,1-2H3,(H,23,24,25). The lowest BCUT2D eigenvalue weighted by Crippen LogP contribution is -2.20. The average Bonchev–Trinajstić information content (AvgIpc) is 3.15. The lowest BCUT2D eigenvalue weighted by molar-refractivity contribution is -0.142. The monoisotopic (exact) mass is 426 g/mol. The molecular weight excluding hydrogens is 404 g/mol. The van der Waals surface area contributed by atoms with Gasteiger partial charge in [-0.05, 0) is 19.1 Å². The third-order valence-corrected chi connectivity index (χ3v) is 5.00. The molecule has 1 N–H and O–H groups in total. The maximum atomic E-state index is 12.4. The molecule has 0 saturated carbocycles. The minimum atomic E-state index is -0.364. The molecule has 0 fully saturated rings. The molecule has 0 aliphatic heterocycles. The van der Waals surface area contributed by atoms with Crippen LogP contribution < -0.4 is 14.8 Å². The molecule has 1 aromatic heterocycles. The number of rotatable bonds is 9. The van der Waals surface area contributed by atoms with E-state index in [1.165, 1.54) is 18.4 Å². The van der Waals surface area contributed by atoms with Gasteiger partial charge in [-0.2, -0.15) is 0 Å². The summed E-state index contributed by atoms with van der Waals surface area (Å²) in [4.78, 5) is 29.6. The Morgan fingerprint density at radius 2 is 1.73 bits per heavy atom. The summed E-state index contributed by atoms with van der Waals surface area (Å²) in [5, 5.41) is 3.13. The zero-order valence-electron chi connectivity index (χ0n) is 16.7. The number of carbonyl (C=O) groups excluding carboxylic acids is 2. The Morgan fingerprint density at radius 3 is 2.43 bits per heavy atom. The van der Waals surface area contributed by atoms with Crippen molar-refractivity contribution in [3.63, 3.8) is 0 Å². The van der Waals surface area contributed by atoms with E-state index in [1.54, 1.807) is 25.1 Å². The summed E-state index contributed by atoms with van der Waals surface area (Å²) in [7, 11) is 1.54. The second-order valence-electron chi connectivity index (χ2n) is 6.13. The molecule has 1 heterocycles. The van der Waals surface area contributed by atoms with Gasteiger partial charge in [0, 0.05) is 10.4 Å². The Kier molecular flexibility index (Phi) is 7.40. The van der Waals surface area contributed by atoms with Crippen molar-refractivity contribution in [1.29, 1.82) is 0 Å². The summed E-state index contributed by atoms with van der Waals surface area (Å²) in [6.45, 7) is 1.87. The molecule has 0 aliphatic rings. The van der Waals surface area contributed by atoms with Crippen LogP contribution in [0.1, 0.15) is 11.8 Å². The molecule has 2 aromatic carbocycles. The van der Waals surface area contributed by atoms with Crippen LogP contribution >= 0.6 is 11.3 Å². The van der Waals surface area contributed by atoms with Crippen LogP contribution in [-0.4, -0.2) is 37.2 Å². The van der Waals surface area contributed by atoms with Crippen LogP contribution in [-0.2, 0) is 20.7 Å². The molecule has 8 heteroatoms. The molecule has 0 bridgehead atoms. The molecule has 3 aromatic rings. The lowest BCUT2D eigenvalue weighted by Gasteiger charge is -2.09. The first kappa shape index (κ1) is 21.3. The Morgan fingerprint density at radius 1 is 1.03 bits per heavy atom. The smallest absolute Gasteiger partial charge is 0.311 e. The Labute approximate surface area is 178 Å². The van der Waals surface area contributed by atoms with E-state index >= 15 is 0 Å². The second-order valence-corrected chi connectivity index (χ2v) is 7.21. The zero-order valence-corrected chi connectivity index (χ0v) is 17.5. The zero-order chi connectivity index (χ0) is 21.3. The van der Waals surface area contributed by atoms with Gasteiger partial charge in [0.15, 0.2) is 23.2 Å². The van der Waals surface area contributed by atoms with Gasteiger partial charge in [-0.1, -0.05) is 42.5 Å². The fourth-order valence-corrected chi connectivity index (χ4v) is 3.71. The average molecular weight is 426 g/mol. The minimum absolute atomic E-state index is 0.0866. The molecule has 0 aliphatic carbocycles. The number of anilines is 1. The number of amides is 1. The fraction of sp³-hybridized carbons (Fsp3) is 0.227. The van der Waals surface area contributed by atoms with Gasteiger partial charge in [0.05, 0.1) is 25.8 Å². The van der Waals surface area contributed by atoms with Crippen molar-refractivity contribution >= 4 is 28.3 Å². The number of para-hydroxylation sites is 2. The number of methoxy groups -OCH3 is 1. The maximum Gasteiger partial charge on any atom is 0.311 e. The predicted octanol–water partition coefficient (Wildman–Crippen LogP) is 3.94. The Bertz CT molecular complexity index is 1000. The number of carbonyl (C=O) groups is 2. The van der Waals surface area contributed by atoms with E-state index in [0.717, 1.165) is 10.4 Å². The number of nitrogens with one attached hydrogen (secondary N) is 1. The fourth-order valence-electron chi connectivity index (χ4n) is 2.73. The highest BCUT2D eigenvalue weighted by molar-refractivity contribution is 7.16. The largest absolute Gasteiger partial charge is 0.493 e. The minimum Gasteiger partial charge on any atom is -0.493 e. The van der Waals surface area contributed by atoms with Gasteiger partial charge in [-0.15, -0.1) is 11.3 Å². The lowest BCUT2D eigenvalue weighted by atomic mass is 10.1. The number of nitrogens with zero attached hydrogens (tertiary/aromatic N) is 1. The van der Waals surface area contributed by atoms with E-state index in [0.29, 0.717) is 28.9 Å². The Hall–Kier alpha value is -3.39. The van der Waals surface area contributed by atoms with Crippen molar-refractivity contribution in [3.8, 4) is 22.8 Å². The van der Waals surface area contributed by atoms with E-state index in [1.807, 2.05) is 36.4 Å². The van der Waals surface area contributed by atoms with Gasteiger partial charge >= 0.3 is 5.97 Å². The number of thiazole rings is 1. The summed E-state index contributed by atoms with van der Waals surface area (Å²) in [6, 6.07) is 16.6. The topological polar surface area (TPSA) is 86.8 Å². The molecule has 0 saturated heterocycles. The number of aromatic nitrogens is 1. The molecule has 156 valence electrons. The van der Waals surface area contributed by atoms with Crippen molar-refractivity contribution < 1.29 is 23.8 Å². The van der Waals surface area contributed by atoms with Crippen molar-refractivity contribution in [2.75, 3.05) is 25.6 Å². The van der Waals surface area contributed by atoms with Crippen LogP contribution in [0.2, 0.25) is 0 Å². The third-order valence-electron chi connectivity index (χ3n) is 4.03. The third kappa shape index (κ3) is 5.57. The van der Waals surface area contributed by atoms with Crippen LogP contribution in [0.5, 0.6) is 11.5 Å². The van der Waals surface area contributed by atoms with E-state index in [9.17, 15) is 9.59 Å². The summed E-state index contributed by atoms with van der Waals surface area (Å²) in [5.74, 6) is 0.317. The SMILES string of the molecule is CCOC(=O)Cc1sc(NC(=O)COc2ccccc2OC)nc1-c1ccccc1. The van der Waals surface area contributed by atoms with Crippen LogP contribution in [0.3, 0.4) is 0 Å². The predicted molar refractivity (Wildman–Crippen MR) is 115 cm³/mol. The maximum absolute atomic E-state index is 12.4. The first-order valence-electron chi connectivity index (χ1n) is 9.37. The molecule has 7 nitrogen and oxygen atoms in total. The molecule has 0 atom stereocenters. The normalized spacial score (nSPS) is 10.3. The van der Waals surface area contributed by atoms with E-state index in [4.69, 9.17) is 14.2 Å².